The lowest BCUT2D eigenvalue weighted by molar-refractivity contribution is 0.0600. The number of rotatable bonds is 5. The van der Waals surface area contributed by atoms with Crippen LogP contribution < -0.4 is 5.32 Å². The fraction of sp³-hybridized carbons (Fsp3) is 0.0952. The fourth-order valence-corrected chi connectivity index (χ4v) is 2.47. The Balaban J connectivity index is 1.60. The number of aromatic nitrogens is 1. The Morgan fingerprint density at radius 2 is 1.62 bits per heavy atom. The zero-order valence-electron chi connectivity index (χ0n) is 14.3. The highest BCUT2D eigenvalue weighted by atomic mass is 16.5. The van der Waals surface area contributed by atoms with Crippen LogP contribution in [0.25, 0.3) is 11.3 Å². The number of carbonyl (C=O) groups is 2. The van der Waals surface area contributed by atoms with Gasteiger partial charge in [0.05, 0.1) is 23.9 Å². The second-order valence-electron chi connectivity index (χ2n) is 5.67. The van der Waals surface area contributed by atoms with Crippen molar-refractivity contribution >= 4 is 11.9 Å². The van der Waals surface area contributed by atoms with E-state index in [0.717, 1.165) is 16.8 Å². The van der Waals surface area contributed by atoms with Crippen LogP contribution in [-0.2, 0) is 11.3 Å². The Labute approximate surface area is 151 Å². The molecule has 1 amide bonds. The van der Waals surface area contributed by atoms with E-state index in [1.807, 2.05) is 36.4 Å². The highest BCUT2D eigenvalue weighted by molar-refractivity contribution is 5.94. The van der Waals surface area contributed by atoms with Crippen molar-refractivity contribution < 1.29 is 14.3 Å². The van der Waals surface area contributed by atoms with Gasteiger partial charge in [-0.05, 0) is 29.8 Å². The summed E-state index contributed by atoms with van der Waals surface area (Å²) in [7, 11) is 1.34. The molecule has 3 rings (SSSR count). The third-order valence-electron chi connectivity index (χ3n) is 3.92. The zero-order chi connectivity index (χ0) is 18.4. The van der Waals surface area contributed by atoms with Gasteiger partial charge in [0.15, 0.2) is 0 Å². The van der Waals surface area contributed by atoms with Crippen LogP contribution in [0.4, 0.5) is 0 Å². The Morgan fingerprint density at radius 1 is 0.923 bits per heavy atom. The van der Waals surface area contributed by atoms with Crippen LogP contribution in [0.2, 0.25) is 0 Å². The summed E-state index contributed by atoms with van der Waals surface area (Å²) in [5, 5.41) is 2.84. The van der Waals surface area contributed by atoms with Gasteiger partial charge in [0, 0.05) is 18.3 Å². The Kier molecular flexibility index (Phi) is 5.39. The molecule has 1 heterocycles. The van der Waals surface area contributed by atoms with Crippen molar-refractivity contribution in [3.8, 4) is 11.3 Å². The van der Waals surface area contributed by atoms with E-state index in [2.05, 4.69) is 15.0 Å². The average molecular weight is 346 g/mol. The summed E-state index contributed by atoms with van der Waals surface area (Å²) in [5.41, 5.74) is 3.68. The lowest BCUT2D eigenvalue weighted by atomic mass is 10.1. The molecule has 0 unspecified atom stereocenters. The van der Waals surface area contributed by atoms with Gasteiger partial charge in [-0.15, -0.1) is 0 Å². The first-order valence-electron chi connectivity index (χ1n) is 8.14. The summed E-state index contributed by atoms with van der Waals surface area (Å²) in [5.74, 6) is -0.584. The number of hydrogen-bond donors (Lipinski definition) is 1. The molecular formula is C21H18N2O3. The minimum atomic E-state index is -0.384. The minimum absolute atomic E-state index is 0.200. The summed E-state index contributed by atoms with van der Waals surface area (Å²) in [6.07, 6.45) is 1.57. The number of hydrogen-bond acceptors (Lipinski definition) is 4. The second kappa shape index (κ2) is 8.07. The molecule has 0 fully saturated rings. The first-order valence-corrected chi connectivity index (χ1v) is 8.14. The summed E-state index contributed by atoms with van der Waals surface area (Å²) < 4.78 is 4.66. The van der Waals surface area contributed by atoms with E-state index >= 15 is 0 Å². The van der Waals surface area contributed by atoms with Gasteiger partial charge in [-0.1, -0.05) is 42.5 Å². The van der Waals surface area contributed by atoms with Crippen LogP contribution in [0.1, 0.15) is 26.3 Å². The Hall–Kier alpha value is -3.47. The molecule has 2 aromatic carbocycles. The maximum atomic E-state index is 12.3. The molecule has 1 N–H and O–H groups in total. The maximum absolute atomic E-state index is 12.3. The predicted octanol–water partition coefficient (Wildman–Crippen LogP) is 3.47. The van der Waals surface area contributed by atoms with Gasteiger partial charge in [-0.25, -0.2) is 4.79 Å². The molecule has 0 aliphatic carbocycles. The number of ether oxygens (including phenoxy) is 1. The van der Waals surface area contributed by atoms with Crippen molar-refractivity contribution in [1.29, 1.82) is 0 Å². The van der Waals surface area contributed by atoms with E-state index in [4.69, 9.17) is 0 Å². The summed E-state index contributed by atoms with van der Waals surface area (Å²) in [4.78, 5) is 28.0. The molecule has 26 heavy (non-hydrogen) atoms. The zero-order valence-corrected chi connectivity index (χ0v) is 14.3. The molecular weight excluding hydrogens is 328 g/mol. The first kappa shape index (κ1) is 17.4. The highest BCUT2D eigenvalue weighted by Crippen LogP contribution is 2.16. The number of amides is 1. The normalized spacial score (nSPS) is 10.2. The maximum Gasteiger partial charge on any atom is 0.337 e. The van der Waals surface area contributed by atoms with Crippen molar-refractivity contribution in [1.82, 2.24) is 10.3 Å². The van der Waals surface area contributed by atoms with E-state index in [1.165, 1.54) is 7.11 Å². The number of benzene rings is 2. The van der Waals surface area contributed by atoms with Crippen molar-refractivity contribution in [3.63, 3.8) is 0 Å². The largest absolute Gasteiger partial charge is 0.465 e. The number of pyridine rings is 1. The third kappa shape index (κ3) is 4.13. The van der Waals surface area contributed by atoms with E-state index in [-0.39, 0.29) is 11.9 Å². The van der Waals surface area contributed by atoms with E-state index < -0.39 is 0 Å². The Bertz CT molecular complexity index is 889. The van der Waals surface area contributed by atoms with Crippen LogP contribution >= 0.6 is 0 Å². The summed E-state index contributed by atoms with van der Waals surface area (Å²) in [6.45, 7) is 0.362. The number of methoxy groups -OCH3 is 1. The molecule has 0 bridgehead atoms. The predicted molar refractivity (Wildman–Crippen MR) is 98.6 cm³/mol. The average Bonchev–Trinajstić information content (AvgIpc) is 2.72. The molecule has 0 aliphatic heterocycles. The van der Waals surface area contributed by atoms with Gasteiger partial charge in [-0.3, -0.25) is 9.78 Å². The number of nitrogens with one attached hydrogen (secondary N) is 1. The standard InChI is InChI=1S/C21H18N2O3/c1-26-21(25)17-9-7-15(8-10-17)13-23-20(24)18-11-12-19(22-14-18)16-5-3-2-4-6-16/h2-12,14H,13H2,1H3,(H,23,24). The molecule has 0 atom stereocenters. The molecule has 5 nitrogen and oxygen atoms in total. The molecule has 0 radical (unpaired) electrons. The lowest BCUT2D eigenvalue weighted by Crippen LogP contribution is -2.22. The molecule has 0 aliphatic rings. The molecule has 5 heteroatoms. The number of nitrogens with zero attached hydrogens (tertiary/aromatic N) is 1. The quantitative estimate of drug-likeness (QED) is 0.718. The topological polar surface area (TPSA) is 68.3 Å². The third-order valence-corrected chi connectivity index (χ3v) is 3.92. The van der Waals surface area contributed by atoms with Gasteiger partial charge in [0.1, 0.15) is 0 Å². The van der Waals surface area contributed by atoms with Gasteiger partial charge < -0.3 is 10.1 Å². The van der Waals surface area contributed by atoms with Crippen molar-refractivity contribution in [3.05, 3.63) is 89.6 Å². The van der Waals surface area contributed by atoms with E-state index in [0.29, 0.717) is 17.7 Å². The molecule has 3 aromatic rings. The van der Waals surface area contributed by atoms with Crippen molar-refractivity contribution in [2.45, 2.75) is 6.54 Å². The first-order chi connectivity index (χ1) is 12.7. The monoisotopic (exact) mass is 346 g/mol. The Morgan fingerprint density at radius 3 is 2.23 bits per heavy atom. The van der Waals surface area contributed by atoms with Gasteiger partial charge in [-0.2, -0.15) is 0 Å². The van der Waals surface area contributed by atoms with Crippen LogP contribution in [-0.4, -0.2) is 24.0 Å². The fourth-order valence-electron chi connectivity index (χ4n) is 2.47. The van der Waals surface area contributed by atoms with Crippen LogP contribution in [0.3, 0.4) is 0 Å². The summed E-state index contributed by atoms with van der Waals surface area (Å²) in [6, 6.07) is 20.3. The van der Waals surface area contributed by atoms with Crippen LogP contribution in [0.15, 0.2) is 72.9 Å². The van der Waals surface area contributed by atoms with Crippen LogP contribution in [0, 0.1) is 0 Å². The lowest BCUT2D eigenvalue weighted by Gasteiger charge is -2.07. The number of carbonyl (C=O) groups excluding carboxylic acids is 2. The number of esters is 1. The molecule has 1 aromatic heterocycles. The van der Waals surface area contributed by atoms with Gasteiger partial charge in [0.2, 0.25) is 0 Å². The summed E-state index contributed by atoms with van der Waals surface area (Å²) >= 11 is 0. The van der Waals surface area contributed by atoms with Crippen LogP contribution in [0.5, 0.6) is 0 Å². The SMILES string of the molecule is COC(=O)c1ccc(CNC(=O)c2ccc(-c3ccccc3)nc2)cc1. The highest BCUT2D eigenvalue weighted by Gasteiger charge is 2.08. The smallest absolute Gasteiger partial charge is 0.337 e. The van der Waals surface area contributed by atoms with E-state index in [1.54, 1.807) is 36.5 Å². The van der Waals surface area contributed by atoms with Gasteiger partial charge >= 0.3 is 5.97 Å². The molecule has 0 saturated carbocycles. The molecule has 0 spiro atoms. The molecule has 130 valence electrons. The van der Waals surface area contributed by atoms with Crippen molar-refractivity contribution in [2.24, 2.45) is 0 Å². The minimum Gasteiger partial charge on any atom is -0.465 e. The molecule has 0 saturated heterocycles. The van der Waals surface area contributed by atoms with E-state index in [9.17, 15) is 9.59 Å². The van der Waals surface area contributed by atoms with Gasteiger partial charge in [0.25, 0.3) is 5.91 Å². The van der Waals surface area contributed by atoms with Crippen molar-refractivity contribution in [2.75, 3.05) is 7.11 Å². The second-order valence-corrected chi connectivity index (χ2v) is 5.67.